The highest BCUT2D eigenvalue weighted by molar-refractivity contribution is 5.84. The van der Waals surface area contributed by atoms with Crippen LogP contribution in [0.3, 0.4) is 0 Å². The van der Waals surface area contributed by atoms with Crippen LogP contribution in [0.4, 0.5) is 4.39 Å². The molecule has 1 N–H and O–H groups in total. The number of nitrogens with one attached hydrogen (secondary N) is 1. The van der Waals surface area contributed by atoms with Crippen LogP contribution in [0.25, 0.3) is 27.7 Å². The predicted octanol–water partition coefficient (Wildman–Crippen LogP) is 3.11. The molecule has 34 heavy (non-hydrogen) atoms. The maximum absolute atomic E-state index is 15.3. The number of aromatic nitrogens is 5. The summed E-state index contributed by atoms with van der Waals surface area (Å²) >= 11 is 0. The minimum atomic E-state index is -0.511. The molecule has 2 aromatic carbocycles. The standard InChI is InChI=1S/C25H23FN6O2/c26-20-11-18(17-3-5-21-19(10-17)12-27-14-28-21)4-6-22(20)32-23(29-30-25(32)34)9-15-7-8-31(13-15)24(33)16-1-2-16/h3-6,10-12,14-16H,1-2,7-9,13H2,(H,30,34). The molecule has 9 heteroatoms. The van der Waals surface area contributed by atoms with Gasteiger partial charge in [0.2, 0.25) is 5.91 Å². The SMILES string of the molecule is O=C(C1CC1)N1CCC(Cc2n[nH]c(=O)n2-c2ccc(-c3ccc4ncncc4c3)cc2F)C1. The fourth-order valence-corrected chi connectivity index (χ4v) is 4.79. The average Bonchev–Trinajstić information content (AvgIpc) is 3.50. The Bertz CT molecular complexity index is 1460. The molecule has 2 aromatic heterocycles. The number of likely N-dealkylation sites (tertiary alicyclic amines) is 1. The Hall–Kier alpha value is -3.88. The van der Waals surface area contributed by atoms with Crippen molar-refractivity contribution in [2.24, 2.45) is 11.8 Å². The smallest absolute Gasteiger partial charge is 0.342 e. The molecule has 2 aliphatic rings. The Morgan fingerprint density at radius 3 is 2.76 bits per heavy atom. The molecule has 0 radical (unpaired) electrons. The molecule has 172 valence electrons. The van der Waals surface area contributed by atoms with Gasteiger partial charge in [0, 0.05) is 37.0 Å². The number of rotatable bonds is 5. The summed E-state index contributed by atoms with van der Waals surface area (Å²) in [6.45, 7) is 1.39. The van der Waals surface area contributed by atoms with Crippen LogP contribution < -0.4 is 5.69 Å². The Balaban J connectivity index is 1.26. The maximum Gasteiger partial charge on any atom is 0.348 e. The van der Waals surface area contributed by atoms with Gasteiger partial charge < -0.3 is 4.90 Å². The van der Waals surface area contributed by atoms with Crippen LogP contribution in [0.2, 0.25) is 0 Å². The van der Waals surface area contributed by atoms with Crippen LogP contribution in [0.1, 0.15) is 25.1 Å². The van der Waals surface area contributed by atoms with Crippen molar-refractivity contribution in [3.8, 4) is 16.8 Å². The monoisotopic (exact) mass is 458 g/mol. The molecular weight excluding hydrogens is 435 g/mol. The van der Waals surface area contributed by atoms with Crippen LogP contribution in [-0.4, -0.2) is 48.6 Å². The minimum Gasteiger partial charge on any atom is -0.342 e. The number of hydrogen-bond acceptors (Lipinski definition) is 5. The summed E-state index contributed by atoms with van der Waals surface area (Å²) in [4.78, 5) is 35.1. The van der Waals surface area contributed by atoms with E-state index in [2.05, 4.69) is 20.2 Å². The van der Waals surface area contributed by atoms with Gasteiger partial charge in [-0.25, -0.2) is 28.8 Å². The van der Waals surface area contributed by atoms with E-state index in [0.717, 1.165) is 42.3 Å². The fourth-order valence-electron chi connectivity index (χ4n) is 4.79. The minimum absolute atomic E-state index is 0.158. The van der Waals surface area contributed by atoms with Crippen molar-refractivity contribution in [3.63, 3.8) is 0 Å². The summed E-state index contributed by atoms with van der Waals surface area (Å²) in [6, 6.07) is 10.5. The molecule has 2 fully saturated rings. The summed E-state index contributed by atoms with van der Waals surface area (Å²) < 4.78 is 16.6. The number of carbonyl (C=O) groups is 1. The number of benzene rings is 2. The van der Waals surface area contributed by atoms with Gasteiger partial charge in [0.1, 0.15) is 18.0 Å². The van der Waals surface area contributed by atoms with E-state index in [1.54, 1.807) is 18.3 Å². The second-order valence-corrected chi connectivity index (χ2v) is 9.16. The lowest BCUT2D eigenvalue weighted by Gasteiger charge is -2.16. The second-order valence-electron chi connectivity index (χ2n) is 9.16. The van der Waals surface area contributed by atoms with Crippen LogP contribution in [0.5, 0.6) is 0 Å². The molecule has 1 saturated carbocycles. The van der Waals surface area contributed by atoms with E-state index < -0.39 is 11.5 Å². The lowest BCUT2D eigenvalue weighted by Crippen LogP contribution is -2.30. The molecule has 1 saturated heterocycles. The molecule has 1 aliphatic carbocycles. The zero-order chi connectivity index (χ0) is 23.2. The second kappa shape index (κ2) is 8.16. The van der Waals surface area contributed by atoms with Crippen molar-refractivity contribution in [3.05, 3.63) is 71.0 Å². The van der Waals surface area contributed by atoms with Crippen molar-refractivity contribution in [2.75, 3.05) is 13.1 Å². The van der Waals surface area contributed by atoms with E-state index in [1.807, 2.05) is 23.1 Å². The molecule has 0 bridgehead atoms. The van der Waals surface area contributed by atoms with Crippen LogP contribution >= 0.6 is 0 Å². The quantitative estimate of drug-likeness (QED) is 0.496. The molecule has 1 unspecified atom stereocenters. The number of nitrogens with zero attached hydrogens (tertiary/aromatic N) is 5. The van der Waals surface area contributed by atoms with Gasteiger partial charge in [0.25, 0.3) is 0 Å². The van der Waals surface area contributed by atoms with E-state index in [-0.39, 0.29) is 23.4 Å². The highest BCUT2D eigenvalue weighted by Crippen LogP contribution is 2.33. The molecule has 1 aliphatic heterocycles. The van der Waals surface area contributed by atoms with Gasteiger partial charge in [-0.15, -0.1) is 0 Å². The third kappa shape index (κ3) is 3.76. The van der Waals surface area contributed by atoms with E-state index in [0.29, 0.717) is 24.4 Å². The third-order valence-electron chi connectivity index (χ3n) is 6.76. The first-order chi connectivity index (χ1) is 16.6. The number of H-pyrrole nitrogens is 1. The number of fused-ring (bicyclic) bond motifs is 1. The van der Waals surface area contributed by atoms with E-state index in [1.165, 1.54) is 17.0 Å². The molecule has 8 nitrogen and oxygen atoms in total. The van der Waals surface area contributed by atoms with Gasteiger partial charge in [-0.3, -0.25) is 4.79 Å². The number of halogens is 1. The van der Waals surface area contributed by atoms with Crippen molar-refractivity contribution < 1.29 is 9.18 Å². The molecule has 6 rings (SSSR count). The van der Waals surface area contributed by atoms with E-state index in [9.17, 15) is 9.59 Å². The van der Waals surface area contributed by atoms with Crippen LogP contribution in [0, 0.1) is 17.7 Å². The average molecular weight is 458 g/mol. The van der Waals surface area contributed by atoms with Gasteiger partial charge in [-0.1, -0.05) is 12.1 Å². The van der Waals surface area contributed by atoms with Crippen molar-refractivity contribution in [1.82, 2.24) is 29.6 Å². The Labute approximate surface area is 194 Å². The Morgan fingerprint density at radius 2 is 1.94 bits per heavy atom. The normalized spacial score (nSPS) is 18.0. The summed E-state index contributed by atoms with van der Waals surface area (Å²) in [5.41, 5.74) is 2.02. The van der Waals surface area contributed by atoms with E-state index in [4.69, 9.17) is 0 Å². The summed E-state index contributed by atoms with van der Waals surface area (Å²) in [7, 11) is 0. The van der Waals surface area contributed by atoms with E-state index >= 15 is 4.39 Å². The highest BCUT2D eigenvalue weighted by Gasteiger charge is 2.37. The molecule has 1 amide bonds. The van der Waals surface area contributed by atoms with Crippen molar-refractivity contribution in [1.29, 1.82) is 0 Å². The predicted molar refractivity (Wildman–Crippen MR) is 124 cm³/mol. The number of aromatic amines is 1. The molecule has 0 spiro atoms. The summed E-state index contributed by atoms with van der Waals surface area (Å²) in [6.07, 6.45) is 6.54. The lowest BCUT2D eigenvalue weighted by molar-refractivity contribution is -0.131. The maximum atomic E-state index is 15.3. The first kappa shape index (κ1) is 20.7. The lowest BCUT2D eigenvalue weighted by atomic mass is 10.0. The highest BCUT2D eigenvalue weighted by atomic mass is 19.1. The summed E-state index contributed by atoms with van der Waals surface area (Å²) in [5, 5.41) is 7.50. The summed E-state index contributed by atoms with van der Waals surface area (Å²) in [5.74, 6) is 0.599. The molecule has 3 heterocycles. The number of hydrogen-bond donors (Lipinski definition) is 1. The van der Waals surface area contributed by atoms with Crippen molar-refractivity contribution in [2.45, 2.75) is 25.7 Å². The van der Waals surface area contributed by atoms with Gasteiger partial charge in [0.05, 0.1) is 11.2 Å². The Kier molecular flexibility index (Phi) is 4.97. The first-order valence-electron chi connectivity index (χ1n) is 11.5. The first-order valence-corrected chi connectivity index (χ1v) is 11.5. The zero-order valence-corrected chi connectivity index (χ0v) is 18.4. The zero-order valence-electron chi connectivity index (χ0n) is 18.4. The van der Waals surface area contributed by atoms with Gasteiger partial charge in [-0.05, 0) is 60.6 Å². The molecular formula is C25H23FN6O2. The van der Waals surface area contributed by atoms with Crippen LogP contribution in [0.15, 0.2) is 53.7 Å². The third-order valence-corrected chi connectivity index (χ3v) is 6.76. The topological polar surface area (TPSA) is 96.8 Å². The van der Waals surface area contributed by atoms with Crippen LogP contribution in [-0.2, 0) is 11.2 Å². The van der Waals surface area contributed by atoms with Gasteiger partial charge >= 0.3 is 5.69 Å². The van der Waals surface area contributed by atoms with Gasteiger partial charge in [0.15, 0.2) is 0 Å². The van der Waals surface area contributed by atoms with Gasteiger partial charge in [-0.2, -0.15) is 5.10 Å². The Morgan fingerprint density at radius 1 is 1.12 bits per heavy atom. The number of carbonyl (C=O) groups excluding carboxylic acids is 1. The number of amides is 1. The fraction of sp³-hybridized carbons (Fsp3) is 0.320. The largest absolute Gasteiger partial charge is 0.348 e. The molecule has 4 aromatic rings. The molecule has 1 atom stereocenters. The van der Waals surface area contributed by atoms with Crippen molar-refractivity contribution >= 4 is 16.8 Å².